The summed E-state index contributed by atoms with van der Waals surface area (Å²) in [5.74, 6) is 1.60. The fourth-order valence-corrected chi connectivity index (χ4v) is 5.39. The van der Waals surface area contributed by atoms with Crippen molar-refractivity contribution in [2.24, 2.45) is 11.8 Å². The SMILES string of the molecule is CNc1ccc2nccc([C@@H](OCc3ccccc3)C3CC4CCN3CC4C)c2c1. The molecule has 30 heavy (non-hydrogen) atoms. The fraction of sp³-hybridized carbons (Fsp3) is 0.423. The summed E-state index contributed by atoms with van der Waals surface area (Å²) in [6.07, 6.45) is 4.52. The molecule has 4 heteroatoms. The van der Waals surface area contributed by atoms with Crippen LogP contribution in [0.1, 0.15) is 37.0 Å². The Kier molecular flexibility index (Phi) is 5.45. The summed E-state index contributed by atoms with van der Waals surface area (Å²) in [5.41, 5.74) is 4.63. The molecule has 1 N–H and O–H groups in total. The Labute approximate surface area is 179 Å². The van der Waals surface area contributed by atoms with Gasteiger partial charge in [0.05, 0.1) is 18.2 Å². The van der Waals surface area contributed by atoms with Crippen molar-refractivity contribution < 1.29 is 4.74 Å². The van der Waals surface area contributed by atoms with Gasteiger partial charge < -0.3 is 10.1 Å². The predicted molar refractivity (Wildman–Crippen MR) is 123 cm³/mol. The van der Waals surface area contributed by atoms with Crippen molar-refractivity contribution in [3.8, 4) is 0 Å². The van der Waals surface area contributed by atoms with E-state index in [0.717, 1.165) is 23.0 Å². The maximum atomic E-state index is 6.73. The van der Waals surface area contributed by atoms with Crippen LogP contribution in [0.5, 0.6) is 0 Å². The van der Waals surface area contributed by atoms with Crippen LogP contribution >= 0.6 is 0 Å². The molecule has 3 aromatic rings. The zero-order valence-electron chi connectivity index (χ0n) is 17.9. The minimum atomic E-state index is 0.0399. The predicted octanol–water partition coefficient (Wildman–Crippen LogP) is 5.26. The average molecular weight is 402 g/mol. The first-order valence-corrected chi connectivity index (χ1v) is 11.2. The summed E-state index contributed by atoms with van der Waals surface area (Å²) in [7, 11) is 1.97. The third-order valence-corrected chi connectivity index (χ3v) is 7.12. The number of pyridine rings is 1. The van der Waals surface area contributed by atoms with Gasteiger partial charge in [-0.15, -0.1) is 0 Å². The number of ether oxygens (including phenoxy) is 1. The minimum Gasteiger partial charge on any atom is -0.388 e. The molecule has 2 bridgehead atoms. The normalized spacial score (nSPS) is 26.6. The van der Waals surface area contributed by atoms with Gasteiger partial charge in [0.15, 0.2) is 0 Å². The molecule has 4 nitrogen and oxygen atoms in total. The van der Waals surface area contributed by atoms with Crippen molar-refractivity contribution in [3.05, 3.63) is 71.9 Å². The van der Waals surface area contributed by atoms with Gasteiger partial charge in [0.25, 0.3) is 0 Å². The van der Waals surface area contributed by atoms with Gasteiger partial charge >= 0.3 is 0 Å². The summed E-state index contributed by atoms with van der Waals surface area (Å²) >= 11 is 0. The van der Waals surface area contributed by atoms with E-state index in [-0.39, 0.29) is 6.10 Å². The van der Waals surface area contributed by atoms with Crippen LogP contribution in [0.25, 0.3) is 10.9 Å². The summed E-state index contributed by atoms with van der Waals surface area (Å²) < 4.78 is 6.73. The lowest BCUT2D eigenvalue weighted by atomic mass is 9.74. The molecule has 4 unspecified atom stereocenters. The maximum absolute atomic E-state index is 6.73. The van der Waals surface area contributed by atoms with Crippen LogP contribution in [-0.4, -0.2) is 36.1 Å². The van der Waals surface area contributed by atoms with Crippen molar-refractivity contribution in [1.82, 2.24) is 9.88 Å². The highest BCUT2D eigenvalue weighted by Crippen LogP contribution is 2.43. The lowest BCUT2D eigenvalue weighted by molar-refractivity contribution is -0.0845. The molecule has 3 aliphatic rings. The largest absolute Gasteiger partial charge is 0.388 e. The second-order valence-electron chi connectivity index (χ2n) is 8.92. The number of fused-ring (bicyclic) bond motifs is 4. The van der Waals surface area contributed by atoms with Crippen molar-refractivity contribution in [2.45, 2.75) is 38.5 Å². The Morgan fingerprint density at radius 2 is 2.03 bits per heavy atom. The molecule has 1 aromatic heterocycles. The van der Waals surface area contributed by atoms with E-state index in [1.165, 1.54) is 42.4 Å². The van der Waals surface area contributed by atoms with E-state index in [9.17, 15) is 0 Å². The number of anilines is 1. The van der Waals surface area contributed by atoms with Crippen LogP contribution < -0.4 is 5.32 Å². The molecule has 6 rings (SSSR count). The molecule has 4 heterocycles. The highest BCUT2D eigenvalue weighted by Gasteiger charge is 2.42. The van der Waals surface area contributed by atoms with Crippen LogP contribution in [0.3, 0.4) is 0 Å². The molecule has 0 saturated carbocycles. The van der Waals surface area contributed by atoms with Crippen molar-refractivity contribution >= 4 is 16.6 Å². The molecule has 156 valence electrons. The van der Waals surface area contributed by atoms with Crippen LogP contribution in [0.15, 0.2) is 60.8 Å². The average Bonchev–Trinajstić information content (AvgIpc) is 2.80. The van der Waals surface area contributed by atoms with Crippen LogP contribution in [0, 0.1) is 11.8 Å². The zero-order valence-corrected chi connectivity index (χ0v) is 17.9. The molecule has 3 aliphatic heterocycles. The van der Waals surface area contributed by atoms with Gasteiger partial charge in [-0.1, -0.05) is 37.3 Å². The van der Waals surface area contributed by atoms with E-state index < -0.39 is 0 Å². The summed E-state index contributed by atoms with van der Waals surface area (Å²) in [4.78, 5) is 7.30. The molecule has 2 aromatic carbocycles. The van der Waals surface area contributed by atoms with Gasteiger partial charge in [0.2, 0.25) is 0 Å². The number of nitrogens with zero attached hydrogens (tertiary/aromatic N) is 2. The minimum absolute atomic E-state index is 0.0399. The molecule has 0 amide bonds. The second kappa shape index (κ2) is 8.37. The van der Waals surface area contributed by atoms with E-state index in [4.69, 9.17) is 4.74 Å². The van der Waals surface area contributed by atoms with E-state index in [2.05, 4.69) is 76.7 Å². The standard InChI is InChI=1S/C26H31N3O/c1-18-16-29-13-11-20(18)14-25(29)26(30-17-19-6-4-3-5-7-19)22-10-12-28-24-9-8-21(27-2)15-23(22)24/h3-10,12,15,18,20,25-27H,11,13-14,16-17H2,1-2H3/t18?,20?,25?,26-/m1/s1. The van der Waals surface area contributed by atoms with Gasteiger partial charge in [-0.05, 0) is 66.6 Å². The number of piperidine rings is 3. The summed E-state index contributed by atoms with van der Waals surface area (Å²) in [5, 5.41) is 4.47. The molecule has 3 fully saturated rings. The fourth-order valence-electron chi connectivity index (χ4n) is 5.39. The Morgan fingerprint density at radius 3 is 2.77 bits per heavy atom. The van der Waals surface area contributed by atoms with Gasteiger partial charge in [-0.2, -0.15) is 0 Å². The van der Waals surface area contributed by atoms with Gasteiger partial charge in [-0.3, -0.25) is 9.88 Å². The van der Waals surface area contributed by atoms with Crippen molar-refractivity contribution in [2.75, 3.05) is 25.5 Å². The van der Waals surface area contributed by atoms with E-state index in [1.807, 2.05) is 13.2 Å². The van der Waals surface area contributed by atoms with E-state index >= 15 is 0 Å². The van der Waals surface area contributed by atoms with Gasteiger partial charge in [-0.25, -0.2) is 0 Å². The number of rotatable bonds is 6. The van der Waals surface area contributed by atoms with Crippen molar-refractivity contribution in [3.63, 3.8) is 0 Å². The number of aromatic nitrogens is 1. The molecule has 0 radical (unpaired) electrons. The van der Waals surface area contributed by atoms with Crippen LogP contribution in [0.2, 0.25) is 0 Å². The molecule has 0 aliphatic carbocycles. The third kappa shape index (κ3) is 3.70. The summed E-state index contributed by atoms with van der Waals surface area (Å²) in [6, 6.07) is 19.5. The quantitative estimate of drug-likeness (QED) is 0.611. The van der Waals surface area contributed by atoms with Crippen molar-refractivity contribution in [1.29, 1.82) is 0 Å². The Balaban J connectivity index is 1.53. The first kappa shape index (κ1) is 19.5. The van der Waals surface area contributed by atoms with E-state index in [1.54, 1.807) is 0 Å². The molecular formula is C26H31N3O. The van der Waals surface area contributed by atoms with Gasteiger partial charge in [0, 0.05) is 36.9 Å². The monoisotopic (exact) mass is 401 g/mol. The zero-order chi connectivity index (χ0) is 20.5. The third-order valence-electron chi connectivity index (χ3n) is 7.12. The Hall–Kier alpha value is -2.43. The number of benzene rings is 2. The van der Waals surface area contributed by atoms with E-state index in [0.29, 0.717) is 12.6 Å². The lowest BCUT2D eigenvalue weighted by Crippen LogP contribution is -2.55. The first-order valence-electron chi connectivity index (χ1n) is 11.2. The highest BCUT2D eigenvalue weighted by atomic mass is 16.5. The van der Waals surface area contributed by atoms with Gasteiger partial charge in [0.1, 0.15) is 0 Å². The lowest BCUT2D eigenvalue weighted by Gasteiger charge is -2.51. The topological polar surface area (TPSA) is 37.4 Å². The highest BCUT2D eigenvalue weighted by molar-refractivity contribution is 5.85. The van der Waals surface area contributed by atoms with Crippen LogP contribution in [-0.2, 0) is 11.3 Å². The number of hydrogen-bond acceptors (Lipinski definition) is 4. The number of hydrogen-bond donors (Lipinski definition) is 1. The first-order chi connectivity index (χ1) is 14.7. The smallest absolute Gasteiger partial charge is 0.0991 e. The second-order valence-corrected chi connectivity index (χ2v) is 8.92. The maximum Gasteiger partial charge on any atom is 0.0991 e. The van der Waals surface area contributed by atoms with Crippen LogP contribution in [0.4, 0.5) is 5.69 Å². The molecular weight excluding hydrogens is 370 g/mol. The molecule has 5 atom stereocenters. The summed E-state index contributed by atoms with van der Waals surface area (Å²) in [6.45, 7) is 5.42. The Bertz CT molecular complexity index is 1010. The number of nitrogens with one attached hydrogen (secondary N) is 1. The Morgan fingerprint density at radius 1 is 1.17 bits per heavy atom. The molecule has 3 saturated heterocycles. The molecule has 0 spiro atoms.